The van der Waals surface area contributed by atoms with Crippen LogP contribution in [0.2, 0.25) is 0 Å². The predicted molar refractivity (Wildman–Crippen MR) is 108 cm³/mol. The van der Waals surface area contributed by atoms with Crippen LogP contribution >= 0.6 is 11.3 Å². The third-order valence-corrected chi connectivity index (χ3v) is 6.05. The van der Waals surface area contributed by atoms with E-state index in [2.05, 4.69) is 50.9 Å². The van der Waals surface area contributed by atoms with Gasteiger partial charge in [0.15, 0.2) is 5.69 Å². The Hall–Kier alpha value is -2.25. The molecule has 1 N–H and O–H groups in total. The Kier molecular flexibility index (Phi) is 5.22. The van der Waals surface area contributed by atoms with Crippen molar-refractivity contribution in [3.05, 3.63) is 47.1 Å². The average molecular weight is 384 g/mol. The van der Waals surface area contributed by atoms with Gasteiger partial charge in [0.25, 0.3) is 5.91 Å². The van der Waals surface area contributed by atoms with Gasteiger partial charge in [-0.1, -0.05) is 23.4 Å². The van der Waals surface area contributed by atoms with E-state index in [0.29, 0.717) is 11.7 Å². The average Bonchev–Trinajstić information content (AvgIpc) is 3.28. The van der Waals surface area contributed by atoms with E-state index in [-0.39, 0.29) is 11.9 Å². The third kappa shape index (κ3) is 4.20. The first kappa shape index (κ1) is 18.1. The van der Waals surface area contributed by atoms with Gasteiger partial charge in [0.1, 0.15) is 0 Å². The molecular formula is C20H25N5OS. The summed E-state index contributed by atoms with van der Waals surface area (Å²) in [4.78, 5) is 16.0. The van der Waals surface area contributed by atoms with Gasteiger partial charge in [0.2, 0.25) is 0 Å². The van der Waals surface area contributed by atoms with Gasteiger partial charge in [-0.15, -0.1) is 16.4 Å². The minimum atomic E-state index is -0.154. The summed E-state index contributed by atoms with van der Waals surface area (Å²) in [6.45, 7) is 6.95. The van der Waals surface area contributed by atoms with Crippen molar-refractivity contribution in [2.45, 2.75) is 45.3 Å². The van der Waals surface area contributed by atoms with Crippen molar-refractivity contribution in [1.29, 1.82) is 0 Å². The van der Waals surface area contributed by atoms with E-state index in [1.165, 1.54) is 15.0 Å². The number of amides is 1. The van der Waals surface area contributed by atoms with Crippen LogP contribution in [0.15, 0.2) is 36.5 Å². The Labute approximate surface area is 163 Å². The molecule has 6 nitrogen and oxygen atoms in total. The number of hydrogen-bond donors (Lipinski definition) is 1. The normalized spacial score (nSPS) is 16.3. The van der Waals surface area contributed by atoms with Crippen molar-refractivity contribution in [2.75, 3.05) is 13.1 Å². The van der Waals surface area contributed by atoms with Gasteiger partial charge >= 0.3 is 0 Å². The number of carbonyl (C=O) groups excluding carboxylic acids is 1. The molecule has 1 aromatic carbocycles. The fraction of sp³-hybridized carbons (Fsp3) is 0.450. The zero-order valence-corrected chi connectivity index (χ0v) is 16.6. The van der Waals surface area contributed by atoms with Crippen LogP contribution in [0.3, 0.4) is 0 Å². The predicted octanol–water partition coefficient (Wildman–Crippen LogP) is 3.47. The minimum Gasteiger partial charge on any atom is -0.348 e. The van der Waals surface area contributed by atoms with Crippen molar-refractivity contribution in [1.82, 2.24) is 25.2 Å². The third-order valence-electron chi connectivity index (χ3n) is 4.95. The highest BCUT2D eigenvalue weighted by atomic mass is 32.1. The molecule has 0 spiro atoms. The van der Waals surface area contributed by atoms with E-state index < -0.39 is 0 Å². The monoisotopic (exact) mass is 383 g/mol. The fourth-order valence-electron chi connectivity index (χ4n) is 3.57. The molecule has 0 unspecified atom stereocenters. The Morgan fingerprint density at radius 2 is 2.07 bits per heavy atom. The number of hydrogen-bond acceptors (Lipinski definition) is 5. The molecule has 0 radical (unpaired) electrons. The highest BCUT2D eigenvalue weighted by molar-refractivity contribution is 7.19. The second-order valence-electron chi connectivity index (χ2n) is 7.47. The van der Waals surface area contributed by atoms with Crippen LogP contribution in [0.1, 0.15) is 48.1 Å². The van der Waals surface area contributed by atoms with Gasteiger partial charge in [-0.3, -0.25) is 9.69 Å². The van der Waals surface area contributed by atoms with Crippen LogP contribution in [0.25, 0.3) is 10.1 Å². The Balaban J connectivity index is 1.33. The summed E-state index contributed by atoms with van der Waals surface area (Å²) in [7, 11) is 0. The maximum Gasteiger partial charge on any atom is 0.273 e. The number of carbonyl (C=O) groups is 1. The molecule has 1 aliphatic heterocycles. The first-order chi connectivity index (χ1) is 13.1. The van der Waals surface area contributed by atoms with Gasteiger partial charge in [-0.2, -0.15) is 0 Å². The first-order valence-corrected chi connectivity index (χ1v) is 10.3. The molecule has 1 fully saturated rings. The lowest BCUT2D eigenvalue weighted by molar-refractivity contribution is 0.0938. The van der Waals surface area contributed by atoms with Crippen molar-refractivity contribution in [3.63, 3.8) is 0 Å². The SMILES string of the molecule is CC(C)NC(=O)c1cn(C2CCN(Cc3cc4ccccc4s3)CC2)nn1. The number of thiophene rings is 1. The van der Waals surface area contributed by atoms with Crippen molar-refractivity contribution >= 4 is 27.3 Å². The Bertz CT molecular complexity index is 890. The lowest BCUT2D eigenvalue weighted by atomic mass is 10.1. The van der Waals surface area contributed by atoms with Crippen LogP contribution in [0.4, 0.5) is 0 Å². The number of aromatic nitrogens is 3. The summed E-state index contributed by atoms with van der Waals surface area (Å²) in [5, 5.41) is 12.4. The van der Waals surface area contributed by atoms with Crippen LogP contribution < -0.4 is 5.32 Å². The highest BCUT2D eigenvalue weighted by Crippen LogP contribution is 2.28. The van der Waals surface area contributed by atoms with Crippen LogP contribution in [-0.4, -0.2) is 44.9 Å². The fourth-order valence-corrected chi connectivity index (χ4v) is 4.68. The van der Waals surface area contributed by atoms with Crippen molar-refractivity contribution in [2.24, 2.45) is 0 Å². The lowest BCUT2D eigenvalue weighted by Gasteiger charge is -2.31. The number of nitrogens with one attached hydrogen (secondary N) is 1. The molecule has 0 atom stereocenters. The van der Waals surface area contributed by atoms with E-state index in [1.807, 2.05) is 29.9 Å². The van der Waals surface area contributed by atoms with E-state index in [1.54, 1.807) is 6.20 Å². The maximum absolute atomic E-state index is 12.0. The number of fused-ring (bicyclic) bond motifs is 1. The van der Waals surface area contributed by atoms with Gasteiger partial charge in [-0.05, 0) is 44.2 Å². The standard InChI is InChI=1S/C20H25N5OS/c1-14(2)21-20(26)18-13-25(23-22-18)16-7-9-24(10-8-16)12-17-11-15-5-3-4-6-19(15)27-17/h3-6,11,13-14,16H,7-10,12H2,1-2H3,(H,21,26). The number of rotatable bonds is 5. The smallest absolute Gasteiger partial charge is 0.273 e. The number of piperidine rings is 1. The molecule has 0 bridgehead atoms. The van der Waals surface area contributed by atoms with Crippen LogP contribution in [0, 0.1) is 0 Å². The van der Waals surface area contributed by atoms with Crippen LogP contribution in [-0.2, 0) is 6.54 Å². The summed E-state index contributed by atoms with van der Waals surface area (Å²) in [6, 6.07) is 11.3. The summed E-state index contributed by atoms with van der Waals surface area (Å²) >= 11 is 1.89. The summed E-state index contributed by atoms with van der Waals surface area (Å²) in [6.07, 6.45) is 3.84. The topological polar surface area (TPSA) is 63.1 Å². The van der Waals surface area contributed by atoms with Gasteiger partial charge in [0, 0.05) is 35.3 Å². The summed E-state index contributed by atoms with van der Waals surface area (Å²) in [5.41, 5.74) is 0.399. The molecule has 3 aromatic rings. The number of nitrogens with zero attached hydrogens (tertiary/aromatic N) is 4. The van der Waals surface area contributed by atoms with Gasteiger partial charge < -0.3 is 5.32 Å². The molecule has 7 heteroatoms. The highest BCUT2D eigenvalue weighted by Gasteiger charge is 2.23. The molecule has 2 aromatic heterocycles. The van der Waals surface area contributed by atoms with Crippen molar-refractivity contribution in [3.8, 4) is 0 Å². The Morgan fingerprint density at radius 3 is 2.81 bits per heavy atom. The quantitative estimate of drug-likeness (QED) is 0.733. The molecule has 1 aliphatic rings. The molecule has 0 aliphatic carbocycles. The molecular weight excluding hydrogens is 358 g/mol. The molecule has 3 heterocycles. The largest absolute Gasteiger partial charge is 0.348 e. The maximum atomic E-state index is 12.0. The second-order valence-corrected chi connectivity index (χ2v) is 8.64. The molecule has 0 saturated carbocycles. The molecule has 1 amide bonds. The zero-order chi connectivity index (χ0) is 18.8. The first-order valence-electron chi connectivity index (χ1n) is 9.51. The second kappa shape index (κ2) is 7.78. The molecule has 142 valence electrons. The zero-order valence-electron chi connectivity index (χ0n) is 15.8. The Morgan fingerprint density at radius 1 is 1.30 bits per heavy atom. The van der Waals surface area contributed by atoms with E-state index in [4.69, 9.17) is 0 Å². The van der Waals surface area contributed by atoms with Crippen molar-refractivity contribution < 1.29 is 4.79 Å². The van der Waals surface area contributed by atoms with Gasteiger partial charge in [0.05, 0.1) is 12.2 Å². The lowest BCUT2D eigenvalue weighted by Crippen LogP contribution is -2.34. The molecule has 1 saturated heterocycles. The summed E-state index contributed by atoms with van der Waals surface area (Å²) in [5.74, 6) is -0.154. The molecule has 4 rings (SSSR count). The molecule has 27 heavy (non-hydrogen) atoms. The number of likely N-dealkylation sites (tertiary alicyclic amines) is 1. The van der Waals surface area contributed by atoms with E-state index >= 15 is 0 Å². The van der Waals surface area contributed by atoms with Crippen LogP contribution in [0.5, 0.6) is 0 Å². The van der Waals surface area contributed by atoms with Gasteiger partial charge in [-0.25, -0.2) is 4.68 Å². The minimum absolute atomic E-state index is 0.0970. The number of benzene rings is 1. The summed E-state index contributed by atoms with van der Waals surface area (Å²) < 4.78 is 3.23. The van der Waals surface area contributed by atoms with E-state index in [0.717, 1.165) is 32.5 Å². The van der Waals surface area contributed by atoms with E-state index in [9.17, 15) is 4.79 Å².